The van der Waals surface area contributed by atoms with Gasteiger partial charge in [-0.05, 0) is 23.1 Å². The Bertz CT molecular complexity index is 989. The number of nitrogens with zero attached hydrogens (tertiary/aromatic N) is 2. The van der Waals surface area contributed by atoms with E-state index in [0.29, 0.717) is 17.3 Å². The average Bonchev–Trinajstić information content (AvgIpc) is 3.15. The van der Waals surface area contributed by atoms with Gasteiger partial charge in [-0.2, -0.15) is 4.98 Å². The zero-order valence-corrected chi connectivity index (χ0v) is 16.0. The predicted octanol–water partition coefficient (Wildman–Crippen LogP) is 3.55. The minimum absolute atomic E-state index is 0.0831. The molecule has 3 aromatic rings. The summed E-state index contributed by atoms with van der Waals surface area (Å²) >= 11 is 0. The molecule has 2 aromatic carbocycles. The van der Waals surface area contributed by atoms with Crippen molar-refractivity contribution in [2.45, 2.75) is 32.3 Å². The number of aromatic amines is 1. The molecular formula is C21H22N4O3. The predicted molar refractivity (Wildman–Crippen MR) is 106 cm³/mol. The Labute approximate surface area is 163 Å². The molecule has 7 heteroatoms. The van der Waals surface area contributed by atoms with Crippen molar-refractivity contribution < 1.29 is 14.3 Å². The minimum Gasteiger partial charge on any atom is -0.485 e. The fourth-order valence-electron chi connectivity index (χ4n) is 2.91. The zero-order chi connectivity index (χ0) is 19.7. The SMILES string of the molecule is CC(C)(C)c1ccc(-c2nc(NC(=O)[C@@H]3COc4ccccc4O3)n[nH]2)cc1. The van der Waals surface area contributed by atoms with Crippen LogP contribution in [0.4, 0.5) is 5.95 Å². The molecule has 0 fully saturated rings. The summed E-state index contributed by atoms with van der Waals surface area (Å²) in [7, 11) is 0. The van der Waals surface area contributed by atoms with Gasteiger partial charge >= 0.3 is 0 Å². The quantitative estimate of drug-likeness (QED) is 0.728. The van der Waals surface area contributed by atoms with Crippen LogP contribution in [0.5, 0.6) is 11.5 Å². The third-order valence-electron chi connectivity index (χ3n) is 4.55. The molecule has 2 N–H and O–H groups in total. The highest BCUT2D eigenvalue weighted by atomic mass is 16.6. The lowest BCUT2D eigenvalue weighted by atomic mass is 9.87. The van der Waals surface area contributed by atoms with E-state index >= 15 is 0 Å². The first-order valence-corrected chi connectivity index (χ1v) is 9.13. The molecule has 0 saturated heterocycles. The molecule has 1 aromatic heterocycles. The average molecular weight is 378 g/mol. The number of rotatable bonds is 3. The molecule has 144 valence electrons. The number of fused-ring (bicyclic) bond motifs is 1. The number of amides is 1. The van der Waals surface area contributed by atoms with Crippen LogP contribution in [-0.2, 0) is 10.2 Å². The van der Waals surface area contributed by atoms with Crippen molar-refractivity contribution in [3.05, 3.63) is 54.1 Å². The lowest BCUT2D eigenvalue weighted by Gasteiger charge is -2.25. The number of benzene rings is 2. The molecule has 0 spiro atoms. The Morgan fingerprint density at radius 3 is 2.54 bits per heavy atom. The fourth-order valence-corrected chi connectivity index (χ4v) is 2.91. The van der Waals surface area contributed by atoms with Crippen LogP contribution in [0.25, 0.3) is 11.4 Å². The van der Waals surface area contributed by atoms with Gasteiger partial charge in [0.2, 0.25) is 12.1 Å². The molecule has 0 bridgehead atoms. The molecule has 28 heavy (non-hydrogen) atoms. The second-order valence-corrected chi connectivity index (χ2v) is 7.69. The van der Waals surface area contributed by atoms with Crippen LogP contribution >= 0.6 is 0 Å². The van der Waals surface area contributed by atoms with E-state index in [-0.39, 0.29) is 23.9 Å². The van der Waals surface area contributed by atoms with E-state index in [1.165, 1.54) is 5.56 Å². The minimum atomic E-state index is -0.761. The Morgan fingerprint density at radius 2 is 1.82 bits per heavy atom. The van der Waals surface area contributed by atoms with Crippen LogP contribution in [0.15, 0.2) is 48.5 Å². The molecule has 4 rings (SSSR count). The summed E-state index contributed by atoms with van der Waals surface area (Å²) in [5.74, 6) is 1.60. The van der Waals surface area contributed by atoms with Crippen molar-refractivity contribution in [3.8, 4) is 22.9 Å². The number of anilines is 1. The van der Waals surface area contributed by atoms with Gasteiger partial charge < -0.3 is 9.47 Å². The lowest BCUT2D eigenvalue weighted by Crippen LogP contribution is -2.40. The molecule has 0 aliphatic carbocycles. The molecule has 1 aliphatic rings. The van der Waals surface area contributed by atoms with E-state index in [0.717, 1.165) is 5.56 Å². The summed E-state index contributed by atoms with van der Waals surface area (Å²) in [6, 6.07) is 15.4. The summed E-state index contributed by atoms with van der Waals surface area (Å²) in [5.41, 5.74) is 2.21. The summed E-state index contributed by atoms with van der Waals surface area (Å²) in [5, 5.41) is 9.61. The Hall–Kier alpha value is -3.35. The number of ether oxygens (including phenoxy) is 2. The van der Waals surface area contributed by atoms with Gasteiger partial charge in [0.25, 0.3) is 5.91 Å². The van der Waals surface area contributed by atoms with Crippen molar-refractivity contribution in [2.24, 2.45) is 0 Å². The van der Waals surface area contributed by atoms with Crippen LogP contribution in [-0.4, -0.2) is 33.8 Å². The first-order chi connectivity index (χ1) is 13.4. The summed E-state index contributed by atoms with van der Waals surface area (Å²) in [4.78, 5) is 16.8. The molecule has 7 nitrogen and oxygen atoms in total. The van der Waals surface area contributed by atoms with E-state index in [9.17, 15) is 4.79 Å². The standard InChI is InChI=1S/C21H22N4O3/c1-21(2,3)14-10-8-13(9-11-14)18-22-20(25-24-18)23-19(26)17-12-27-15-6-4-5-7-16(15)28-17/h4-11,17H,12H2,1-3H3,(H2,22,23,24,25,26)/t17-/m0/s1. The van der Waals surface area contributed by atoms with Crippen molar-refractivity contribution in [2.75, 3.05) is 11.9 Å². The van der Waals surface area contributed by atoms with E-state index < -0.39 is 6.10 Å². The largest absolute Gasteiger partial charge is 0.485 e. The second-order valence-electron chi connectivity index (χ2n) is 7.69. The molecule has 1 aliphatic heterocycles. The van der Waals surface area contributed by atoms with Gasteiger partial charge in [-0.25, -0.2) is 0 Å². The van der Waals surface area contributed by atoms with Crippen LogP contribution in [0, 0.1) is 0 Å². The number of H-pyrrole nitrogens is 1. The molecule has 1 amide bonds. The van der Waals surface area contributed by atoms with Crippen molar-refractivity contribution >= 4 is 11.9 Å². The summed E-state index contributed by atoms with van der Waals surface area (Å²) in [6.07, 6.45) is -0.761. The Kier molecular flexibility index (Phi) is 4.50. The smallest absolute Gasteiger partial charge is 0.271 e. The highest BCUT2D eigenvalue weighted by Crippen LogP contribution is 2.31. The zero-order valence-electron chi connectivity index (χ0n) is 16.0. The maximum Gasteiger partial charge on any atom is 0.271 e. The highest BCUT2D eigenvalue weighted by Gasteiger charge is 2.28. The third-order valence-corrected chi connectivity index (χ3v) is 4.55. The number of para-hydroxylation sites is 2. The van der Waals surface area contributed by atoms with E-state index in [1.807, 2.05) is 24.3 Å². The van der Waals surface area contributed by atoms with Crippen LogP contribution in [0.2, 0.25) is 0 Å². The summed E-state index contributed by atoms with van der Waals surface area (Å²) < 4.78 is 11.3. The molecule has 0 saturated carbocycles. The van der Waals surface area contributed by atoms with Gasteiger partial charge in [0.1, 0.15) is 6.61 Å². The number of hydrogen-bond donors (Lipinski definition) is 2. The monoisotopic (exact) mass is 378 g/mol. The van der Waals surface area contributed by atoms with Crippen molar-refractivity contribution in [1.82, 2.24) is 15.2 Å². The molecule has 0 radical (unpaired) electrons. The normalized spacial score (nSPS) is 15.9. The molecule has 0 unspecified atom stereocenters. The van der Waals surface area contributed by atoms with E-state index in [4.69, 9.17) is 9.47 Å². The summed E-state index contributed by atoms with van der Waals surface area (Å²) in [6.45, 7) is 6.63. The van der Waals surface area contributed by atoms with Gasteiger partial charge in [0.15, 0.2) is 17.3 Å². The third kappa shape index (κ3) is 3.69. The van der Waals surface area contributed by atoms with Crippen LogP contribution in [0.1, 0.15) is 26.3 Å². The molecular weight excluding hydrogens is 356 g/mol. The number of nitrogens with one attached hydrogen (secondary N) is 2. The number of hydrogen-bond acceptors (Lipinski definition) is 5. The number of carbonyl (C=O) groups excluding carboxylic acids is 1. The van der Waals surface area contributed by atoms with Gasteiger partial charge in [-0.3, -0.25) is 15.2 Å². The van der Waals surface area contributed by atoms with Crippen LogP contribution < -0.4 is 14.8 Å². The van der Waals surface area contributed by atoms with Crippen molar-refractivity contribution in [3.63, 3.8) is 0 Å². The lowest BCUT2D eigenvalue weighted by molar-refractivity contribution is -0.125. The molecule has 1 atom stereocenters. The molecule has 2 heterocycles. The van der Waals surface area contributed by atoms with Crippen LogP contribution in [0.3, 0.4) is 0 Å². The topological polar surface area (TPSA) is 89.1 Å². The first-order valence-electron chi connectivity index (χ1n) is 9.13. The van der Waals surface area contributed by atoms with Crippen molar-refractivity contribution in [1.29, 1.82) is 0 Å². The first kappa shape index (κ1) is 18.0. The number of carbonyl (C=O) groups is 1. The van der Waals surface area contributed by atoms with Gasteiger partial charge in [0, 0.05) is 5.56 Å². The van der Waals surface area contributed by atoms with E-state index in [2.05, 4.69) is 53.4 Å². The Balaban J connectivity index is 1.43. The van der Waals surface area contributed by atoms with Gasteiger partial charge in [0.05, 0.1) is 0 Å². The second kappa shape index (κ2) is 6.99. The highest BCUT2D eigenvalue weighted by molar-refractivity contribution is 5.93. The maximum atomic E-state index is 12.5. The number of aromatic nitrogens is 3. The Morgan fingerprint density at radius 1 is 1.11 bits per heavy atom. The fraction of sp³-hybridized carbons (Fsp3) is 0.286. The van der Waals surface area contributed by atoms with E-state index in [1.54, 1.807) is 12.1 Å². The van der Waals surface area contributed by atoms with Gasteiger partial charge in [-0.15, -0.1) is 5.10 Å². The maximum absolute atomic E-state index is 12.5. The van der Waals surface area contributed by atoms with Gasteiger partial charge in [-0.1, -0.05) is 57.2 Å².